The fourth-order valence-corrected chi connectivity index (χ4v) is 4.12. The van der Waals surface area contributed by atoms with Crippen LogP contribution in [0.3, 0.4) is 0 Å². The molecule has 2 aromatic rings. The van der Waals surface area contributed by atoms with Crippen LogP contribution >= 0.6 is 0 Å². The molecule has 0 spiro atoms. The molecule has 7 heteroatoms. The summed E-state index contributed by atoms with van der Waals surface area (Å²) in [6.07, 6.45) is 0. The second-order valence-corrected chi connectivity index (χ2v) is 8.00. The Balaban J connectivity index is 1.63. The molecule has 4 rings (SSSR count). The molecule has 29 heavy (non-hydrogen) atoms. The standard InChI is InChI=1S/C22H25FN4O2/c1-22(2)21(29)25-17-8-3-4-9-18(17)27(22)20(28)14-26-11-10-24-13-19(26)15-6-5-7-16(23)12-15/h3-9,12,19,24H,10-11,13-14H2,1-2H3,(H,25,29). The first kappa shape index (κ1) is 19.5. The van der Waals surface area contributed by atoms with Gasteiger partial charge in [0.1, 0.15) is 11.4 Å². The lowest BCUT2D eigenvalue weighted by Gasteiger charge is -2.44. The first-order valence-corrected chi connectivity index (χ1v) is 9.82. The van der Waals surface area contributed by atoms with Gasteiger partial charge in [-0.2, -0.15) is 0 Å². The molecule has 2 N–H and O–H groups in total. The van der Waals surface area contributed by atoms with Crippen LogP contribution in [0.5, 0.6) is 0 Å². The average molecular weight is 396 g/mol. The van der Waals surface area contributed by atoms with Crippen LogP contribution in [0.1, 0.15) is 25.5 Å². The minimum Gasteiger partial charge on any atom is -0.322 e. The van der Waals surface area contributed by atoms with Gasteiger partial charge in [0.15, 0.2) is 0 Å². The Morgan fingerprint density at radius 2 is 2.00 bits per heavy atom. The smallest absolute Gasteiger partial charge is 0.250 e. The summed E-state index contributed by atoms with van der Waals surface area (Å²) in [5.41, 5.74) is 1.15. The van der Waals surface area contributed by atoms with Gasteiger partial charge in [-0.05, 0) is 43.7 Å². The molecule has 0 saturated carbocycles. The first-order chi connectivity index (χ1) is 13.9. The maximum absolute atomic E-state index is 13.8. The average Bonchev–Trinajstić information content (AvgIpc) is 2.69. The third-order valence-electron chi connectivity index (χ3n) is 5.68. The number of halogens is 1. The summed E-state index contributed by atoms with van der Waals surface area (Å²) in [5.74, 6) is -0.658. The highest BCUT2D eigenvalue weighted by Gasteiger charge is 2.44. The maximum Gasteiger partial charge on any atom is 0.250 e. The molecule has 0 aromatic heterocycles. The Morgan fingerprint density at radius 1 is 1.21 bits per heavy atom. The monoisotopic (exact) mass is 396 g/mol. The van der Waals surface area contributed by atoms with Gasteiger partial charge in [0.05, 0.1) is 17.9 Å². The number of rotatable bonds is 3. The van der Waals surface area contributed by atoms with E-state index in [1.807, 2.05) is 24.3 Å². The van der Waals surface area contributed by atoms with Gasteiger partial charge in [0.2, 0.25) is 11.8 Å². The zero-order valence-corrected chi connectivity index (χ0v) is 16.6. The predicted octanol–water partition coefficient (Wildman–Crippen LogP) is 2.54. The van der Waals surface area contributed by atoms with Crippen LogP contribution in [0, 0.1) is 5.82 Å². The van der Waals surface area contributed by atoms with E-state index in [1.165, 1.54) is 12.1 Å². The van der Waals surface area contributed by atoms with Crippen molar-refractivity contribution in [2.75, 3.05) is 36.4 Å². The first-order valence-electron chi connectivity index (χ1n) is 9.82. The van der Waals surface area contributed by atoms with Crippen LogP contribution < -0.4 is 15.5 Å². The van der Waals surface area contributed by atoms with E-state index in [0.29, 0.717) is 24.5 Å². The van der Waals surface area contributed by atoms with Crippen molar-refractivity contribution < 1.29 is 14.0 Å². The van der Waals surface area contributed by atoms with Crippen molar-refractivity contribution in [2.24, 2.45) is 0 Å². The molecule has 2 aromatic carbocycles. The Morgan fingerprint density at radius 3 is 2.79 bits per heavy atom. The maximum atomic E-state index is 13.8. The SMILES string of the molecule is CC1(C)C(=O)Nc2ccccc2N1C(=O)CN1CCNCC1c1cccc(F)c1. The highest BCUT2D eigenvalue weighted by molar-refractivity contribution is 6.14. The van der Waals surface area contributed by atoms with Crippen LogP contribution in [0.4, 0.5) is 15.8 Å². The van der Waals surface area contributed by atoms with Crippen molar-refractivity contribution in [2.45, 2.75) is 25.4 Å². The summed E-state index contributed by atoms with van der Waals surface area (Å²) in [6, 6.07) is 13.7. The molecule has 2 aliphatic heterocycles. The van der Waals surface area contributed by atoms with Crippen molar-refractivity contribution >= 4 is 23.2 Å². The Hall–Kier alpha value is -2.77. The van der Waals surface area contributed by atoms with E-state index >= 15 is 0 Å². The predicted molar refractivity (Wildman–Crippen MR) is 110 cm³/mol. The minimum absolute atomic E-state index is 0.111. The number of piperazine rings is 1. The van der Waals surface area contributed by atoms with Crippen LogP contribution in [-0.4, -0.2) is 48.4 Å². The number of anilines is 2. The van der Waals surface area contributed by atoms with Crippen molar-refractivity contribution in [3.05, 3.63) is 59.9 Å². The van der Waals surface area contributed by atoms with E-state index in [1.54, 1.807) is 30.9 Å². The van der Waals surface area contributed by atoms with E-state index < -0.39 is 5.54 Å². The van der Waals surface area contributed by atoms with Crippen LogP contribution in [0.15, 0.2) is 48.5 Å². The van der Waals surface area contributed by atoms with Crippen molar-refractivity contribution in [3.8, 4) is 0 Å². The molecular formula is C22H25FN4O2. The Labute approximate surface area is 169 Å². The number of nitrogens with zero attached hydrogens (tertiary/aromatic N) is 2. The highest BCUT2D eigenvalue weighted by Crippen LogP contribution is 2.37. The van der Waals surface area contributed by atoms with Crippen LogP contribution in [-0.2, 0) is 9.59 Å². The molecule has 2 aliphatic rings. The number of carbonyl (C=O) groups excluding carboxylic acids is 2. The van der Waals surface area contributed by atoms with E-state index in [2.05, 4.69) is 15.5 Å². The van der Waals surface area contributed by atoms with Gasteiger partial charge in [0, 0.05) is 25.7 Å². The van der Waals surface area contributed by atoms with E-state index in [-0.39, 0.29) is 30.2 Å². The topological polar surface area (TPSA) is 64.7 Å². The van der Waals surface area contributed by atoms with Crippen LogP contribution in [0.25, 0.3) is 0 Å². The largest absolute Gasteiger partial charge is 0.322 e. The molecule has 0 bridgehead atoms. The summed E-state index contributed by atoms with van der Waals surface area (Å²) >= 11 is 0. The zero-order chi connectivity index (χ0) is 20.6. The van der Waals surface area contributed by atoms with E-state index in [4.69, 9.17) is 0 Å². The second-order valence-electron chi connectivity index (χ2n) is 8.00. The van der Waals surface area contributed by atoms with Crippen molar-refractivity contribution in [1.82, 2.24) is 10.2 Å². The molecule has 0 aliphatic carbocycles. The highest BCUT2D eigenvalue weighted by atomic mass is 19.1. The minimum atomic E-state index is -1.01. The lowest BCUT2D eigenvalue weighted by Crippen LogP contribution is -2.61. The third kappa shape index (κ3) is 3.63. The van der Waals surface area contributed by atoms with Gasteiger partial charge in [-0.3, -0.25) is 19.4 Å². The number of fused-ring (bicyclic) bond motifs is 1. The van der Waals surface area contributed by atoms with Crippen molar-refractivity contribution in [3.63, 3.8) is 0 Å². The lowest BCUT2D eigenvalue weighted by atomic mass is 9.95. The number of amides is 2. The lowest BCUT2D eigenvalue weighted by molar-refractivity contribution is -0.127. The van der Waals surface area contributed by atoms with Gasteiger partial charge >= 0.3 is 0 Å². The molecule has 152 valence electrons. The van der Waals surface area contributed by atoms with E-state index in [0.717, 1.165) is 12.1 Å². The molecule has 2 heterocycles. The Bertz CT molecular complexity index is 946. The molecule has 0 radical (unpaired) electrons. The zero-order valence-electron chi connectivity index (χ0n) is 16.6. The Kier molecular flexibility index (Phi) is 5.10. The summed E-state index contributed by atoms with van der Waals surface area (Å²) in [5, 5.41) is 6.20. The second kappa shape index (κ2) is 7.57. The van der Waals surface area contributed by atoms with Crippen LogP contribution in [0.2, 0.25) is 0 Å². The number of carbonyl (C=O) groups is 2. The van der Waals surface area contributed by atoms with Gasteiger partial charge in [-0.25, -0.2) is 4.39 Å². The van der Waals surface area contributed by atoms with Gasteiger partial charge < -0.3 is 10.6 Å². The molecule has 1 atom stereocenters. The number of benzene rings is 2. The molecule has 1 saturated heterocycles. The summed E-state index contributed by atoms with van der Waals surface area (Å²) in [4.78, 5) is 29.7. The summed E-state index contributed by atoms with van der Waals surface area (Å²) in [7, 11) is 0. The van der Waals surface area contributed by atoms with Gasteiger partial charge in [-0.1, -0.05) is 24.3 Å². The van der Waals surface area contributed by atoms with E-state index in [9.17, 15) is 14.0 Å². The fourth-order valence-electron chi connectivity index (χ4n) is 4.12. The molecule has 6 nitrogen and oxygen atoms in total. The summed E-state index contributed by atoms with van der Waals surface area (Å²) in [6.45, 7) is 5.69. The van der Waals surface area contributed by atoms with Gasteiger partial charge in [-0.15, -0.1) is 0 Å². The number of hydrogen-bond acceptors (Lipinski definition) is 4. The number of para-hydroxylation sites is 2. The molecular weight excluding hydrogens is 371 g/mol. The molecule has 1 unspecified atom stereocenters. The van der Waals surface area contributed by atoms with Gasteiger partial charge in [0.25, 0.3) is 0 Å². The summed E-state index contributed by atoms with van der Waals surface area (Å²) < 4.78 is 13.8. The number of nitrogens with one attached hydrogen (secondary N) is 2. The van der Waals surface area contributed by atoms with Crippen molar-refractivity contribution in [1.29, 1.82) is 0 Å². The normalized spacial score (nSPS) is 21.4. The number of hydrogen-bond donors (Lipinski definition) is 2. The quantitative estimate of drug-likeness (QED) is 0.837. The molecule has 2 amide bonds. The third-order valence-corrected chi connectivity index (χ3v) is 5.68. The fraction of sp³-hybridized carbons (Fsp3) is 0.364. The molecule has 1 fully saturated rings.